The van der Waals surface area contributed by atoms with Gasteiger partial charge in [-0.15, -0.1) is 0 Å². The van der Waals surface area contributed by atoms with Crippen LogP contribution in [0.5, 0.6) is 0 Å². The van der Waals surface area contributed by atoms with Crippen molar-refractivity contribution in [3.05, 3.63) is 44.9 Å². The first-order valence-electron chi connectivity index (χ1n) is 5.51. The number of carbonyl (C=O) groups excluding carboxylic acids is 1. The lowest BCUT2D eigenvalue weighted by Crippen LogP contribution is -2.17. The maximum Gasteiger partial charge on any atom is 0.311 e. The van der Waals surface area contributed by atoms with Crippen molar-refractivity contribution < 1.29 is 9.72 Å². The Kier molecular flexibility index (Phi) is 3.66. The van der Waals surface area contributed by atoms with E-state index in [1.165, 1.54) is 16.8 Å². The summed E-state index contributed by atoms with van der Waals surface area (Å²) in [6.45, 7) is 1.73. The number of pyridine rings is 1. The Morgan fingerprint density at radius 2 is 2.20 bits per heavy atom. The highest BCUT2D eigenvalue weighted by molar-refractivity contribution is 6.29. The van der Waals surface area contributed by atoms with Crippen LogP contribution in [0.1, 0.15) is 16.2 Å². The predicted octanol–water partition coefficient (Wildman–Crippen LogP) is 1.94. The molecular weight excluding hydrogens is 286 g/mol. The second-order valence-electron chi connectivity index (χ2n) is 4.01. The summed E-state index contributed by atoms with van der Waals surface area (Å²) < 4.78 is 1.38. The van der Waals surface area contributed by atoms with Crippen LogP contribution >= 0.6 is 11.6 Å². The number of aromatic nitrogens is 3. The number of hydrogen-bond donors (Lipinski definition) is 1. The average molecular weight is 296 g/mol. The molecule has 9 heteroatoms. The van der Waals surface area contributed by atoms with E-state index in [1.54, 1.807) is 20.0 Å². The summed E-state index contributed by atoms with van der Waals surface area (Å²) in [5, 5.41) is 17.3. The molecule has 2 heterocycles. The van der Waals surface area contributed by atoms with Crippen LogP contribution in [0.3, 0.4) is 0 Å². The van der Waals surface area contributed by atoms with Crippen molar-refractivity contribution in [3.8, 4) is 0 Å². The van der Waals surface area contributed by atoms with E-state index in [1.807, 2.05) is 0 Å². The molecule has 0 radical (unpaired) electrons. The minimum atomic E-state index is -0.645. The quantitative estimate of drug-likeness (QED) is 0.529. The number of hydrogen-bond acceptors (Lipinski definition) is 5. The first-order valence-corrected chi connectivity index (χ1v) is 5.89. The predicted molar refractivity (Wildman–Crippen MR) is 71.8 cm³/mol. The van der Waals surface area contributed by atoms with Gasteiger partial charge in [0.05, 0.1) is 10.6 Å². The molecule has 0 saturated carbocycles. The average Bonchev–Trinajstić information content (AvgIpc) is 2.68. The molecule has 0 fully saturated rings. The van der Waals surface area contributed by atoms with E-state index in [0.717, 1.165) is 0 Å². The van der Waals surface area contributed by atoms with Gasteiger partial charge in [-0.25, -0.2) is 4.98 Å². The molecule has 0 bridgehead atoms. The summed E-state index contributed by atoms with van der Waals surface area (Å²) in [5.74, 6) is -0.752. The Balaban J connectivity index is 2.34. The normalized spacial score (nSPS) is 10.3. The van der Waals surface area contributed by atoms with E-state index in [-0.39, 0.29) is 22.4 Å². The van der Waals surface area contributed by atoms with Crippen molar-refractivity contribution in [2.24, 2.45) is 7.05 Å². The molecule has 2 aromatic heterocycles. The highest BCUT2D eigenvalue weighted by Gasteiger charge is 2.20. The van der Waals surface area contributed by atoms with Gasteiger partial charge in [-0.2, -0.15) is 5.10 Å². The Bertz CT molecular complexity index is 697. The van der Waals surface area contributed by atoms with Gasteiger partial charge < -0.3 is 0 Å². The Morgan fingerprint density at radius 1 is 1.50 bits per heavy atom. The minimum absolute atomic E-state index is 0.0482. The molecule has 20 heavy (non-hydrogen) atoms. The number of halogens is 1. The maximum atomic E-state index is 12.1. The van der Waals surface area contributed by atoms with Gasteiger partial charge in [0.1, 0.15) is 10.8 Å². The number of amides is 1. The van der Waals surface area contributed by atoms with Crippen molar-refractivity contribution >= 4 is 29.0 Å². The molecule has 0 spiro atoms. The van der Waals surface area contributed by atoms with Crippen LogP contribution in [0, 0.1) is 17.0 Å². The van der Waals surface area contributed by atoms with Crippen molar-refractivity contribution in [1.29, 1.82) is 0 Å². The van der Waals surface area contributed by atoms with E-state index in [2.05, 4.69) is 15.4 Å². The van der Waals surface area contributed by atoms with Crippen LogP contribution in [0.4, 0.5) is 11.5 Å². The van der Waals surface area contributed by atoms with Gasteiger partial charge in [-0.05, 0) is 19.1 Å². The van der Waals surface area contributed by atoms with E-state index >= 15 is 0 Å². The molecule has 0 saturated heterocycles. The fourth-order valence-corrected chi connectivity index (χ4v) is 1.81. The highest BCUT2D eigenvalue weighted by Crippen LogP contribution is 2.24. The lowest BCUT2D eigenvalue weighted by Gasteiger charge is -2.05. The zero-order valence-electron chi connectivity index (χ0n) is 10.6. The smallest absolute Gasteiger partial charge is 0.299 e. The van der Waals surface area contributed by atoms with Gasteiger partial charge in [-0.3, -0.25) is 24.9 Å². The molecule has 2 rings (SSSR count). The molecule has 1 amide bonds. The summed E-state index contributed by atoms with van der Waals surface area (Å²) in [6, 6.07) is 4.02. The molecular formula is C11H10ClN5O3. The summed E-state index contributed by atoms with van der Waals surface area (Å²) in [4.78, 5) is 26.0. The molecule has 0 aliphatic heterocycles. The second-order valence-corrected chi connectivity index (χ2v) is 4.39. The van der Waals surface area contributed by atoms with E-state index in [4.69, 9.17) is 11.6 Å². The lowest BCUT2D eigenvalue weighted by atomic mass is 10.3. The maximum absolute atomic E-state index is 12.1. The summed E-state index contributed by atoms with van der Waals surface area (Å²) in [6.07, 6.45) is 0. The van der Waals surface area contributed by atoms with Crippen LogP contribution in [-0.4, -0.2) is 25.6 Å². The van der Waals surface area contributed by atoms with Gasteiger partial charge in [0.25, 0.3) is 5.91 Å². The summed E-state index contributed by atoms with van der Waals surface area (Å²) in [7, 11) is 1.60. The minimum Gasteiger partial charge on any atom is -0.299 e. The fraction of sp³-hybridized carbons (Fsp3) is 0.182. The molecule has 1 N–H and O–H groups in total. The molecule has 2 aromatic rings. The van der Waals surface area contributed by atoms with Crippen LogP contribution in [0.2, 0.25) is 5.15 Å². The van der Waals surface area contributed by atoms with E-state index < -0.39 is 10.8 Å². The van der Waals surface area contributed by atoms with Gasteiger partial charge in [0, 0.05) is 13.1 Å². The van der Waals surface area contributed by atoms with Crippen molar-refractivity contribution in [2.45, 2.75) is 6.92 Å². The zero-order valence-corrected chi connectivity index (χ0v) is 11.4. The fourth-order valence-electron chi connectivity index (χ4n) is 1.66. The largest absolute Gasteiger partial charge is 0.311 e. The van der Waals surface area contributed by atoms with Crippen LogP contribution in [0.15, 0.2) is 18.2 Å². The topological polar surface area (TPSA) is 103 Å². The molecule has 0 aromatic carbocycles. The number of carbonyl (C=O) groups is 1. The standard InChI is InChI=1S/C11H10ClN5O3/c1-6-5-8(16(2)15-6)11(18)14-10-7(17(19)20)3-4-9(12)13-10/h3-5H,1-2H3,(H,13,14,18). The number of rotatable bonds is 3. The number of nitro groups is 1. The molecule has 104 valence electrons. The third kappa shape index (κ3) is 2.75. The first-order chi connectivity index (χ1) is 9.38. The SMILES string of the molecule is Cc1cc(C(=O)Nc2nc(Cl)ccc2[N+](=O)[O-])n(C)n1. The van der Waals surface area contributed by atoms with E-state index in [0.29, 0.717) is 5.69 Å². The summed E-state index contributed by atoms with van der Waals surface area (Å²) in [5.41, 5.74) is 0.589. The summed E-state index contributed by atoms with van der Waals surface area (Å²) >= 11 is 5.68. The first kappa shape index (κ1) is 13.9. The van der Waals surface area contributed by atoms with E-state index in [9.17, 15) is 14.9 Å². The molecule has 0 unspecified atom stereocenters. The number of anilines is 1. The van der Waals surface area contributed by atoms with Crippen molar-refractivity contribution in [3.63, 3.8) is 0 Å². The monoisotopic (exact) mass is 295 g/mol. The Hall–Kier alpha value is -2.48. The molecule has 8 nitrogen and oxygen atoms in total. The molecule has 0 aliphatic carbocycles. The Morgan fingerprint density at radius 3 is 2.75 bits per heavy atom. The third-order valence-corrected chi connectivity index (χ3v) is 2.71. The van der Waals surface area contributed by atoms with Gasteiger partial charge in [0.2, 0.25) is 5.82 Å². The Labute approximate surface area is 118 Å². The second kappa shape index (κ2) is 5.25. The number of aryl methyl sites for hydroxylation is 2. The van der Waals surface area contributed by atoms with Crippen molar-refractivity contribution in [2.75, 3.05) is 5.32 Å². The molecule has 0 atom stereocenters. The zero-order chi connectivity index (χ0) is 14.9. The van der Waals surface area contributed by atoms with Gasteiger partial charge >= 0.3 is 5.69 Å². The molecule has 0 aliphatic rings. The van der Waals surface area contributed by atoms with Crippen molar-refractivity contribution in [1.82, 2.24) is 14.8 Å². The number of nitrogens with zero attached hydrogens (tertiary/aromatic N) is 4. The lowest BCUT2D eigenvalue weighted by molar-refractivity contribution is -0.384. The number of nitrogens with one attached hydrogen (secondary N) is 1. The highest BCUT2D eigenvalue weighted by atomic mass is 35.5. The third-order valence-electron chi connectivity index (χ3n) is 2.50. The van der Waals surface area contributed by atoms with Crippen LogP contribution in [0.25, 0.3) is 0 Å². The van der Waals surface area contributed by atoms with Gasteiger partial charge in [0.15, 0.2) is 0 Å². The van der Waals surface area contributed by atoms with Gasteiger partial charge in [-0.1, -0.05) is 11.6 Å². The van der Waals surface area contributed by atoms with Crippen LogP contribution < -0.4 is 5.32 Å². The van der Waals surface area contributed by atoms with Crippen LogP contribution in [-0.2, 0) is 7.05 Å².